The summed E-state index contributed by atoms with van der Waals surface area (Å²) in [7, 11) is -12.9. The van der Waals surface area contributed by atoms with E-state index in [4.69, 9.17) is 28.3 Å². The number of carbonyl (C=O) groups excluding carboxylic acids is 2. The number of unbranched alkanes of at least 4 members (excludes halogenated alkanes) is 10. The van der Waals surface area contributed by atoms with Crippen LogP contribution in [0.1, 0.15) is 104 Å². The van der Waals surface area contributed by atoms with Crippen LogP contribution < -0.4 is 97.6 Å². The van der Waals surface area contributed by atoms with E-state index in [1.807, 2.05) is 6.92 Å². The van der Waals surface area contributed by atoms with Gasteiger partial charge in [0.15, 0.2) is 0 Å². The van der Waals surface area contributed by atoms with Crippen molar-refractivity contribution in [1.82, 2.24) is 10.2 Å². The second-order valence-corrected chi connectivity index (χ2v) is 20.7. The molecule has 0 aromatic heterocycles. The molecular formula is C48H64N2Na2O17P2S. The fourth-order valence-electron chi connectivity index (χ4n) is 6.65. The quantitative estimate of drug-likeness (QED) is 0.0202. The molecule has 0 heterocycles. The summed E-state index contributed by atoms with van der Waals surface area (Å²) in [5, 5.41) is 45.5. The minimum atomic E-state index is -5.20. The van der Waals surface area contributed by atoms with Gasteiger partial charge >= 0.3 is 86.5 Å². The number of hydrogen-bond acceptors (Lipinski definition) is 14. The smallest absolute Gasteiger partial charge is 0.550 e. The van der Waals surface area contributed by atoms with Gasteiger partial charge in [0, 0.05) is 11.9 Å². The molecule has 2 atom stereocenters. The summed E-state index contributed by atoms with van der Waals surface area (Å²) in [5.41, 5.74) is 0. The van der Waals surface area contributed by atoms with E-state index in [0.29, 0.717) is 42.3 Å². The van der Waals surface area contributed by atoms with Crippen LogP contribution in [-0.4, -0.2) is 64.9 Å². The van der Waals surface area contributed by atoms with Gasteiger partial charge < -0.3 is 48.1 Å². The van der Waals surface area contributed by atoms with Crippen LogP contribution in [0.5, 0.6) is 23.0 Å². The fraction of sp³-hybridized carbons (Fsp3) is 0.417. The molecule has 0 spiro atoms. The molecule has 386 valence electrons. The van der Waals surface area contributed by atoms with Crippen LogP contribution in [0.15, 0.2) is 121 Å². The van der Waals surface area contributed by atoms with E-state index in [-0.39, 0.29) is 72.0 Å². The maximum absolute atomic E-state index is 12.6. The van der Waals surface area contributed by atoms with E-state index in [9.17, 15) is 51.5 Å². The van der Waals surface area contributed by atoms with Gasteiger partial charge in [-0.2, -0.15) is 18.6 Å². The number of nitrogens with one attached hydrogen (secondary N) is 2. The normalized spacial score (nSPS) is 12.2. The summed E-state index contributed by atoms with van der Waals surface area (Å²) in [5.74, 6) is -6.75. The first-order chi connectivity index (χ1) is 33.3. The Morgan fingerprint density at radius 2 is 0.833 bits per heavy atom. The Labute approximate surface area is 466 Å². The zero-order valence-electron chi connectivity index (χ0n) is 41.3. The summed E-state index contributed by atoms with van der Waals surface area (Å²) in [6.45, 7) is 3.02. The Morgan fingerprint density at radius 3 is 1.10 bits per heavy atom. The third-order valence-corrected chi connectivity index (χ3v) is 14.6. The molecule has 0 radical (unpaired) electrons. The molecule has 2 unspecified atom stereocenters. The van der Waals surface area contributed by atoms with E-state index in [1.165, 1.54) is 0 Å². The Kier molecular flexibility index (Phi) is 35.1. The molecule has 0 amide bonds. The SMILES string of the molecule is CCCCCCCCC(C(=O)[O-])C(CCCCCCCC)(C(=O)[O-])S(=O)(=O)O.O=C(O)CNP(=O)(Oc1ccccc1)Oc1ccccc1.O=C(O)CNP(=O)(Oc1ccccc1)Oc1ccccc1.[Na+].[Na+]. The van der Waals surface area contributed by atoms with Gasteiger partial charge in [-0.1, -0.05) is 164 Å². The van der Waals surface area contributed by atoms with Crippen LogP contribution in [0.2, 0.25) is 0 Å². The summed E-state index contributed by atoms with van der Waals surface area (Å²) in [6.07, 6.45) is 8.78. The molecule has 0 aliphatic heterocycles. The van der Waals surface area contributed by atoms with Crippen LogP contribution in [0.3, 0.4) is 0 Å². The van der Waals surface area contributed by atoms with Gasteiger partial charge in [-0.05, 0) is 61.4 Å². The minimum absolute atomic E-state index is 0. The predicted octanol–water partition coefficient (Wildman–Crippen LogP) is 2.09. The number of benzene rings is 4. The average Bonchev–Trinajstić information content (AvgIpc) is 3.31. The zero-order valence-corrected chi connectivity index (χ0v) is 47.9. The molecule has 0 saturated carbocycles. The number of carboxylic acids is 4. The number of para-hydroxylation sites is 4. The molecule has 0 saturated heterocycles. The number of rotatable bonds is 32. The van der Waals surface area contributed by atoms with Crippen molar-refractivity contribution >= 4 is 49.5 Å². The summed E-state index contributed by atoms with van der Waals surface area (Å²) < 4.78 is 77.4. The molecule has 19 nitrogen and oxygen atoms in total. The average molecular weight is 1080 g/mol. The van der Waals surface area contributed by atoms with Gasteiger partial charge in [0.05, 0.1) is 5.97 Å². The van der Waals surface area contributed by atoms with Crippen LogP contribution in [0.25, 0.3) is 0 Å². The molecule has 0 fully saturated rings. The van der Waals surface area contributed by atoms with E-state index in [0.717, 1.165) is 51.4 Å². The third kappa shape index (κ3) is 27.0. The number of hydrogen-bond donors (Lipinski definition) is 5. The Morgan fingerprint density at radius 1 is 0.542 bits per heavy atom. The fourth-order valence-corrected chi connectivity index (χ4v) is 10.4. The molecule has 0 aliphatic carbocycles. The zero-order chi connectivity index (χ0) is 51.9. The van der Waals surface area contributed by atoms with Gasteiger partial charge in [0.2, 0.25) is 0 Å². The summed E-state index contributed by atoms with van der Waals surface area (Å²) in [6, 6.07) is 33.6. The number of aliphatic carboxylic acids is 4. The standard InChI is InChI=1S/C20H38O7S.2C14H14NO5P.2Na/c1-3-5-7-9-11-13-15-17(18(21)22)20(19(23)24,28(25,26)27)16-14-12-10-8-6-4-2;2*16-14(17)11-15-21(18,19-12-7-3-1-4-8-12)20-13-9-5-2-6-10-13;;/h17H,3-16H2,1-2H3,(H,21,22)(H,23,24)(H,25,26,27);2*1-10H,11H2,(H,15,18)(H,16,17);;/q;;;2*+1/p-2. The van der Waals surface area contributed by atoms with Gasteiger partial charge in [-0.15, -0.1) is 0 Å². The van der Waals surface area contributed by atoms with Crippen molar-refractivity contribution in [1.29, 1.82) is 0 Å². The van der Waals surface area contributed by atoms with Gasteiger partial charge in [-0.25, -0.2) is 9.13 Å². The monoisotopic (exact) mass is 1080 g/mol. The van der Waals surface area contributed by atoms with E-state index >= 15 is 0 Å². The molecule has 0 aliphatic rings. The Balaban J connectivity index is 0.00000105. The Bertz CT molecular complexity index is 2160. The molecule has 4 aromatic rings. The first-order valence-corrected chi connectivity index (χ1v) is 27.3. The topological polar surface area (TPSA) is 304 Å². The maximum atomic E-state index is 12.6. The van der Waals surface area contributed by atoms with Crippen LogP contribution in [-0.2, 0) is 38.4 Å². The van der Waals surface area contributed by atoms with Crippen LogP contribution in [0, 0.1) is 5.92 Å². The molecule has 4 aromatic carbocycles. The van der Waals surface area contributed by atoms with Crippen molar-refractivity contribution < 1.29 is 139 Å². The largest absolute Gasteiger partial charge is 1.00 e. The second kappa shape index (κ2) is 37.1. The summed E-state index contributed by atoms with van der Waals surface area (Å²) >= 11 is 0. The molecule has 72 heavy (non-hydrogen) atoms. The Hall–Kier alpha value is -3.75. The van der Waals surface area contributed by atoms with Crippen molar-refractivity contribution in [3.63, 3.8) is 0 Å². The van der Waals surface area contributed by atoms with Crippen molar-refractivity contribution in [2.45, 2.75) is 108 Å². The van der Waals surface area contributed by atoms with Gasteiger partial charge in [0.1, 0.15) is 40.8 Å². The minimum Gasteiger partial charge on any atom is -0.550 e. The first kappa shape index (κ1) is 68.2. The predicted molar refractivity (Wildman–Crippen MR) is 259 cm³/mol. The molecule has 0 bridgehead atoms. The van der Waals surface area contributed by atoms with Crippen molar-refractivity contribution in [3.05, 3.63) is 121 Å². The van der Waals surface area contributed by atoms with Crippen LogP contribution >= 0.6 is 15.5 Å². The van der Waals surface area contributed by atoms with Gasteiger partial charge in [-0.3, -0.25) is 14.1 Å². The third-order valence-electron chi connectivity index (χ3n) is 10.1. The first-order valence-electron chi connectivity index (χ1n) is 22.8. The maximum Gasteiger partial charge on any atom is 1.00 e. The molecule has 5 N–H and O–H groups in total. The molecule has 24 heteroatoms. The second-order valence-electron chi connectivity index (χ2n) is 15.7. The summed E-state index contributed by atoms with van der Waals surface area (Å²) in [4.78, 5) is 44.8. The van der Waals surface area contributed by atoms with E-state index in [2.05, 4.69) is 17.1 Å². The van der Waals surface area contributed by atoms with E-state index < -0.39 is 79.7 Å². The number of carbonyl (C=O) groups is 4. The molecule has 4 rings (SSSR count). The van der Waals surface area contributed by atoms with Crippen LogP contribution in [0.4, 0.5) is 0 Å². The van der Waals surface area contributed by atoms with Crippen molar-refractivity contribution in [2.24, 2.45) is 5.92 Å². The van der Waals surface area contributed by atoms with Crippen molar-refractivity contribution in [3.8, 4) is 23.0 Å². The van der Waals surface area contributed by atoms with Gasteiger partial charge in [0.25, 0.3) is 10.1 Å². The van der Waals surface area contributed by atoms with Crippen molar-refractivity contribution in [2.75, 3.05) is 13.1 Å². The van der Waals surface area contributed by atoms with E-state index in [1.54, 1.807) is 121 Å². The molecular weight excluding hydrogens is 1020 g/mol. The number of carboxylic acid groups (broad SMARTS) is 4.